The van der Waals surface area contributed by atoms with Crippen LogP contribution in [0, 0.1) is 12.7 Å². The van der Waals surface area contributed by atoms with Crippen molar-refractivity contribution < 1.29 is 19.1 Å². The molecule has 0 aliphatic heterocycles. The molecular formula is C16H14FNO3. The predicted molar refractivity (Wildman–Crippen MR) is 76.9 cm³/mol. The largest absolute Gasteiger partial charge is 0.478 e. The van der Waals surface area contributed by atoms with Gasteiger partial charge in [0.25, 0.3) is 0 Å². The third-order valence-electron chi connectivity index (χ3n) is 2.97. The van der Waals surface area contributed by atoms with Crippen LogP contribution in [-0.4, -0.2) is 17.0 Å². The van der Waals surface area contributed by atoms with Crippen LogP contribution in [0.25, 0.3) is 0 Å². The van der Waals surface area contributed by atoms with Crippen LogP contribution in [0.15, 0.2) is 42.5 Å². The van der Waals surface area contributed by atoms with Gasteiger partial charge < -0.3 is 10.4 Å². The minimum absolute atomic E-state index is 0.0420. The predicted octanol–water partition coefficient (Wildman–Crippen LogP) is 3.01. The van der Waals surface area contributed by atoms with E-state index in [1.165, 1.54) is 0 Å². The van der Waals surface area contributed by atoms with E-state index in [1.807, 2.05) is 31.2 Å². The molecule has 21 heavy (non-hydrogen) atoms. The lowest BCUT2D eigenvalue weighted by atomic mass is 10.1. The highest BCUT2D eigenvalue weighted by atomic mass is 19.1. The summed E-state index contributed by atoms with van der Waals surface area (Å²) < 4.78 is 13.2. The summed E-state index contributed by atoms with van der Waals surface area (Å²) in [7, 11) is 0. The van der Waals surface area contributed by atoms with Crippen molar-refractivity contribution in [2.75, 3.05) is 5.32 Å². The van der Waals surface area contributed by atoms with Crippen LogP contribution in [0.3, 0.4) is 0 Å². The van der Waals surface area contributed by atoms with Crippen molar-refractivity contribution in [1.82, 2.24) is 0 Å². The number of hydrogen-bond donors (Lipinski definition) is 2. The second-order valence-corrected chi connectivity index (χ2v) is 4.71. The number of nitrogens with one attached hydrogen (secondary N) is 1. The van der Waals surface area contributed by atoms with Crippen molar-refractivity contribution in [3.8, 4) is 0 Å². The number of carbonyl (C=O) groups excluding carboxylic acids is 1. The zero-order valence-corrected chi connectivity index (χ0v) is 11.4. The third kappa shape index (κ3) is 3.89. The van der Waals surface area contributed by atoms with Gasteiger partial charge in [-0.3, -0.25) is 4.79 Å². The molecule has 0 aromatic heterocycles. The number of aromatic carboxylic acids is 1. The minimum atomic E-state index is -1.22. The number of amides is 1. The highest BCUT2D eigenvalue weighted by molar-refractivity contribution is 6.01. The molecule has 0 unspecified atom stereocenters. The van der Waals surface area contributed by atoms with E-state index < -0.39 is 17.7 Å². The number of benzene rings is 2. The topological polar surface area (TPSA) is 66.4 Å². The van der Waals surface area contributed by atoms with Crippen molar-refractivity contribution in [2.24, 2.45) is 0 Å². The molecule has 5 heteroatoms. The molecular weight excluding hydrogens is 273 g/mol. The molecule has 0 radical (unpaired) electrons. The number of rotatable bonds is 4. The van der Waals surface area contributed by atoms with Gasteiger partial charge in [0.1, 0.15) is 5.82 Å². The molecule has 108 valence electrons. The average molecular weight is 287 g/mol. The summed E-state index contributed by atoms with van der Waals surface area (Å²) in [4.78, 5) is 23.0. The summed E-state index contributed by atoms with van der Waals surface area (Å²) in [6.07, 6.45) is 0.0931. The van der Waals surface area contributed by atoms with Gasteiger partial charge in [-0.1, -0.05) is 29.8 Å². The summed E-state index contributed by atoms with van der Waals surface area (Å²) in [6.45, 7) is 1.94. The normalized spacial score (nSPS) is 10.2. The van der Waals surface area contributed by atoms with Crippen molar-refractivity contribution in [3.63, 3.8) is 0 Å². The Morgan fingerprint density at radius 1 is 1.14 bits per heavy atom. The van der Waals surface area contributed by atoms with Gasteiger partial charge >= 0.3 is 5.97 Å². The van der Waals surface area contributed by atoms with Gasteiger partial charge in [0.15, 0.2) is 0 Å². The van der Waals surface area contributed by atoms with Gasteiger partial charge in [-0.15, -0.1) is 0 Å². The Labute approximate surface area is 121 Å². The van der Waals surface area contributed by atoms with E-state index in [1.54, 1.807) is 0 Å². The Morgan fingerprint density at radius 3 is 2.43 bits per heavy atom. The number of carbonyl (C=O) groups is 2. The van der Waals surface area contributed by atoms with E-state index in [0.29, 0.717) is 0 Å². The Bertz CT molecular complexity index is 680. The second kappa shape index (κ2) is 6.17. The molecule has 0 aliphatic rings. The van der Waals surface area contributed by atoms with Crippen molar-refractivity contribution in [1.29, 1.82) is 0 Å². The second-order valence-electron chi connectivity index (χ2n) is 4.71. The standard InChI is InChI=1S/C16H14FNO3/c1-10-2-4-11(5-3-10)8-15(19)18-14-9-12(17)6-7-13(14)16(20)21/h2-7,9H,8H2,1H3,(H,18,19)(H,20,21). The van der Waals surface area contributed by atoms with Gasteiger partial charge in [0.05, 0.1) is 17.7 Å². The molecule has 0 bridgehead atoms. The van der Waals surface area contributed by atoms with E-state index in [9.17, 15) is 14.0 Å². The smallest absolute Gasteiger partial charge is 0.337 e. The molecule has 2 aromatic rings. The van der Waals surface area contributed by atoms with E-state index in [4.69, 9.17) is 5.11 Å². The summed E-state index contributed by atoms with van der Waals surface area (Å²) >= 11 is 0. The number of hydrogen-bond acceptors (Lipinski definition) is 2. The van der Waals surface area contributed by atoms with Gasteiger partial charge in [-0.05, 0) is 30.7 Å². The number of carboxylic acids is 1. The maximum absolute atomic E-state index is 13.2. The monoisotopic (exact) mass is 287 g/mol. The third-order valence-corrected chi connectivity index (χ3v) is 2.97. The van der Waals surface area contributed by atoms with Crippen LogP contribution < -0.4 is 5.32 Å². The van der Waals surface area contributed by atoms with Crippen LogP contribution in [0.2, 0.25) is 0 Å². The maximum Gasteiger partial charge on any atom is 0.337 e. The lowest BCUT2D eigenvalue weighted by Gasteiger charge is -2.09. The quantitative estimate of drug-likeness (QED) is 0.908. The molecule has 0 saturated heterocycles. The summed E-state index contributed by atoms with van der Waals surface area (Å²) in [5.74, 6) is -2.22. The molecule has 0 aliphatic carbocycles. The first kappa shape index (κ1) is 14.7. The van der Waals surface area contributed by atoms with Crippen LogP contribution in [0.1, 0.15) is 21.5 Å². The SMILES string of the molecule is Cc1ccc(CC(=O)Nc2cc(F)ccc2C(=O)O)cc1. The van der Waals surface area contributed by atoms with Gasteiger partial charge in [-0.25, -0.2) is 9.18 Å². The van der Waals surface area contributed by atoms with Gasteiger partial charge in [-0.2, -0.15) is 0 Å². The van der Waals surface area contributed by atoms with Crippen molar-refractivity contribution in [3.05, 3.63) is 65.0 Å². The van der Waals surface area contributed by atoms with Crippen LogP contribution in [0.4, 0.5) is 10.1 Å². The van der Waals surface area contributed by atoms with Crippen molar-refractivity contribution >= 4 is 17.6 Å². The molecule has 2 rings (SSSR count). The molecule has 1 amide bonds. The molecule has 0 heterocycles. The Morgan fingerprint density at radius 2 is 1.81 bits per heavy atom. The lowest BCUT2D eigenvalue weighted by Crippen LogP contribution is -2.17. The Kier molecular flexibility index (Phi) is 4.33. The summed E-state index contributed by atoms with van der Waals surface area (Å²) in [6, 6.07) is 10.6. The number of anilines is 1. The number of carboxylic acid groups (broad SMARTS) is 1. The van der Waals surface area contributed by atoms with Gasteiger partial charge in [0, 0.05) is 0 Å². The fourth-order valence-electron chi connectivity index (χ4n) is 1.89. The van der Waals surface area contributed by atoms with Crippen LogP contribution in [0.5, 0.6) is 0 Å². The van der Waals surface area contributed by atoms with Crippen LogP contribution in [-0.2, 0) is 11.2 Å². The summed E-state index contributed by atoms with van der Waals surface area (Å²) in [5, 5.41) is 11.5. The van der Waals surface area contributed by atoms with E-state index in [2.05, 4.69) is 5.32 Å². The Hall–Kier alpha value is -2.69. The molecule has 0 saturated carbocycles. The van der Waals surface area contributed by atoms with Gasteiger partial charge in [0.2, 0.25) is 5.91 Å². The van der Waals surface area contributed by atoms with Crippen molar-refractivity contribution in [2.45, 2.75) is 13.3 Å². The summed E-state index contributed by atoms with van der Waals surface area (Å²) in [5.41, 5.74) is 1.69. The molecule has 4 nitrogen and oxygen atoms in total. The zero-order chi connectivity index (χ0) is 15.4. The van der Waals surface area contributed by atoms with E-state index >= 15 is 0 Å². The number of halogens is 1. The lowest BCUT2D eigenvalue weighted by molar-refractivity contribution is -0.115. The molecule has 0 spiro atoms. The zero-order valence-electron chi connectivity index (χ0n) is 11.4. The average Bonchev–Trinajstić information content (AvgIpc) is 2.41. The van der Waals surface area contributed by atoms with Crippen LogP contribution >= 0.6 is 0 Å². The Balaban J connectivity index is 2.14. The highest BCUT2D eigenvalue weighted by Crippen LogP contribution is 2.18. The fourth-order valence-corrected chi connectivity index (χ4v) is 1.89. The molecule has 0 atom stereocenters. The molecule has 2 N–H and O–H groups in total. The first-order valence-corrected chi connectivity index (χ1v) is 6.34. The van der Waals surface area contributed by atoms with E-state index in [0.717, 1.165) is 29.3 Å². The maximum atomic E-state index is 13.2. The minimum Gasteiger partial charge on any atom is -0.478 e. The molecule has 2 aromatic carbocycles. The van der Waals surface area contributed by atoms with E-state index in [-0.39, 0.29) is 17.7 Å². The first-order valence-electron chi connectivity index (χ1n) is 6.34. The fraction of sp³-hybridized carbons (Fsp3) is 0.125. The molecule has 0 fully saturated rings. The first-order chi connectivity index (χ1) is 9.95. The highest BCUT2D eigenvalue weighted by Gasteiger charge is 2.13. The number of aryl methyl sites for hydroxylation is 1.